The lowest BCUT2D eigenvalue weighted by Gasteiger charge is -2.15. The maximum absolute atomic E-state index is 9.67. The molecule has 15 heavy (non-hydrogen) atoms. The van der Waals surface area contributed by atoms with Crippen molar-refractivity contribution in [3.8, 4) is 0 Å². The highest BCUT2D eigenvalue weighted by Gasteiger charge is 2.16. The number of hydrogen-bond donors (Lipinski definition) is 3. The molecule has 0 saturated carbocycles. The largest absolute Gasteiger partial charge is 0.389 e. The van der Waals surface area contributed by atoms with Crippen LogP contribution in [0, 0.1) is 0 Å². The predicted octanol–water partition coefficient (Wildman–Crippen LogP) is 1.11. The lowest BCUT2D eigenvalue weighted by molar-refractivity contribution is 0.0343. The Balaban J connectivity index is 2.84. The van der Waals surface area contributed by atoms with Gasteiger partial charge in [-0.15, -0.1) is 0 Å². The van der Waals surface area contributed by atoms with Gasteiger partial charge in [-0.3, -0.25) is 0 Å². The third-order valence-corrected chi connectivity index (χ3v) is 2.96. The van der Waals surface area contributed by atoms with E-state index in [1.54, 1.807) is 24.3 Å². The fourth-order valence-corrected chi connectivity index (χ4v) is 1.64. The van der Waals surface area contributed by atoms with E-state index in [1.807, 2.05) is 0 Å². The summed E-state index contributed by atoms with van der Waals surface area (Å²) in [4.78, 5) is 0.317. The summed E-state index contributed by atoms with van der Waals surface area (Å²) in [5, 5.41) is 19.4. The van der Waals surface area contributed by atoms with Gasteiger partial charge in [0.15, 0.2) is 0 Å². The van der Waals surface area contributed by atoms with E-state index in [2.05, 4.69) is 15.9 Å². The number of aliphatic hydroxyl groups is 2. The number of hydrogen-bond acceptors (Lipinski definition) is 3. The minimum atomic E-state index is -0.898. The SMILES string of the molecule is NC(=S)c1ccc(C(O)C(O)CBr)cc1. The number of halogens is 1. The highest BCUT2D eigenvalue weighted by atomic mass is 79.9. The molecule has 0 fully saturated rings. The first-order valence-corrected chi connectivity index (χ1v) is 5.91. The molecule has 0 radical (unpaired) electrons. The van der Waals surface area contributed by atoms with Crippen LogP contribution < -0.4 is 5.73 Å². The Morgan fingerprint density at radius 3 is 2.27 bits per heavy atom. The standard InChI is InChI=1S/C10H12BrNO2S/c11-5-8(13)9(14)6-1-3-7(4-2-6)10(12)15/h1-4,8-9,13-14H,5H2,(H2,12,15). The zero-order valence-electron chi connectivity index (χ0n) is 7.93. The molecule has 0 aliphatic rings. The Bertz CT molecular complexity index is 342. The number of benzene rings is 1. The molecule has 0 aliphatic carbocycles. The van der Waals surface area contributed by atoms with E-state index in [4.69, 9.17) is 18.0 Å². The summed E-state index contributed by atoms with van der Waals surface area (Å²) in [5.41, 5.74) is 6.82. The van der Waals surface area contributed by atoms with Crippen molar-refractivity contribution in [3.63, 3.8) is 0 Å². The van der Waals surface area contributed by atoms with Crippen molar-refractivity contribution in [2.75, 3.05) is 5.33 Å². The summed E-state index contributed by atoms with van der Waals surface area (Å²) in [7, 11) is 0. The normalized spacial score (nSPS) is 14.6. The fourth-order valence-electron chi connectivity index (χ4n) is 1.15. The molecule has 82 valence electrons. The molecule has 0 amide bonds. The Morgan fingerprint density at radius 2 is 1.87 bits per heavy atom. The van der Waals surface area contributed by atoms with Crippen LogP contribution in [0.15, 0.2) is 24.3 Å². The van der Waals surface area contributed by atoms with Gasteiger partial charge in [-0.1, -0.05) is 52.4 Å². The van der Waals surface area contributed by atoms with Crippen LogP contribution in [0.2, 0.25) is 0 Å². The number of aliphatic hydroxyl groups excluding tert-OH is 2. The Kier molecular flexibility index (Phi) is 4.66. The molecule has 0 spiro atoms. The average molecular weight is 290 g/mol. The van der Waals surface area contributed by atoms with Gasteiger partial charge in [-0.2, -0.15) is 0 Å². The van der Waals surface area contributed by atoms with Crippen LogP contribution in [-0.2, 0) is 0 Å². The van der Waals surface area contributed by atoms with Gasteiger partial charge >= 0.3 is 0 Å². The molecule has 0 aromatic heterocycles. The predicted molar refractivity (Wildman–Crippen MR) is 67.1 cm³/mol. The van der Waals surface area contributed by atoms with Crippen molar-refractivity contribution in [2.45, 2.75) is 12.2 Å². The highest BCUT2D eigenvalue weighted by Crippen LogP contribution is 2.18. The van der Waals surface area contributed by atoms with Crippen molar-refractivity contribution >= 4 is 33.1 Å². The van der Waals surface area contributed by atoms with Gasteiger partial charge in [-0.25, -0.2) is 0 Å². The van der Waals surface area contributed by atoms with E-state index in [-0.39, 0.29) is 0 Å². The quantitative estimate of drug-likeness (QED) is 0.574. The number of alkyl halides is 1. The molecule has 1 rings (SSSR count). The second-order valence-electron chi connectivity index (χ2n) is 3.15. The van der Waals surface area contributed by atoms with Crippen LogP contribution in [0.25, 0.3) is 0 Å². The fraction of sp³-hybridized carbons (Fsp3) is 0.300. The molecule has 5 heteroatoms. The highest BCUT2D eigenvalue weighted by molar-refractivity contribution is 9.09. The lowest BCUT2D eigenvalue weighted by atomic mass is 10.0. The smallest absolute Gasteiger partial charge is 0.106 e. The van der Waals surface area contributed by atoms with Crippen molar-refractivity contribution in [1.82, 2.24) is 0 Å². The first-order chi connectivity index (χ1) is 7.06. The number of nitrogens with two attached hydrogens (primary N) is 1. The van der Waals surface area contributed by atoms with E-state index in [9.17, 15) is 10.2 Å². The first-order valence-electron chi connectivity index (χ1n) is 4.38. The van der Waals surface area contributed by atoms with Gasteiger partial charge in [0.1, 0.15) is 11.1 Å². The van der Waals surface area contributed by atoms with Crippen molar-refractivity contribution in [3.05, 3.63) is 35.4 Å². The molecular formula is C10H12BrNO2S. The lowest BCUT2D eigenvalue weighted by Crippen LogP contribution is -2.19. The summed E-state index contributed by atoms with van der Waals surface area (Å²) in [6.45, 7) is 0. The molecule has 0 heterocycles. The topological polar surface area (TPSA) is 66.5 Å². The molecule has 1 aromatic rings. The second kappa shape index (κ2) is 5.55. The molecule has 4 N–H and O–H groups in total. The monoisotopic (exact) mass is 289 g/mol. The van der Waals surface area contributed by atoms with Crippen LogP contribution in [-0.4, -0.2) is 26.6 Å². The third-order valence-electron chi connectivity index (χ3n) is 2.06. The maximum Gasteiger partial charge on any atom is 0.106 e. The summed E-state index contributed by atoms with van der Waals surface area (Å²) >= 11 is 7.90. The van der Waals surface area contributed by atoms with Crippen molar-refractivity contribution in [2.24, 2.45) is 5.73 Å². The zero-order valence-corrected chi connectivity index (χ0v) is 10.3. The number of rotatable bonds is 4. The van der Waals surface area contributed by atoms with E-state index >= 15 is 0 Å². The summed E-state index contributed by atoms with van der Waals surface area (Å²) < 4.78 is 0. The third kappa shape index (κ3) is 3.24. The molecular weight excluding hydrogens is 278 g/mol. The Hall–Kier alpha value is -0.490. The summed E-state index contributed by atoms with van der Waals surface area (Å²) in [5.74, 6) is 0. The van der Waals surface area contributed by atoms with Gasteiger partial charge in [0.05, 0.1) is 6.10 Å². The number of thiocarbonyl (C=S) groups is 1. The van der Waals surface area contributed by atoms with Gasteiger partial charge in [0, 0.05) is 10.9 Å². The minimum absolute atomic E-state index is 0.317. The van der Waals surface area contributed by atoms with E-state index in [0.29, 0.717) is 15.9 Å². The van der Waals surface area contributed by atoms with Crippen LogP contribution in [0.3, 0.4) is 0 Å². The van der Waals surface area contributed by atoms with E-state index in [1.165, 1.54) is 0 Å². The maximum atomic E-state index is 9.67. The molecule has 2 unspecified atom stereocenters. The zero-order chi connectivity index (χ0) is 11.4. The van der Waals surface area contributed by atoms with Crippen LogP contribution >= 0.6 is 28.1 Å². The van der Waals surface area contributed by atoms with Crippen molar-refractivity contribution in [1.29, 1.82) is 0 Å². The molecule has 2 atom stereocenters. The summed E-state index contributed by atoms with van der Waals surface area (Å²) in [6.07, 6.45) is -1.72. The van der Waals surface area contributed by atoms with Crippen LogP contribution in [0.4, 0.5) is 0 Å². The molecule has 0 bridgehead atoms. The van der Waals surface area contributed by atoms with Crippen LogP contribution in [0.5, 0.6) is 0 Å². The van der Waals surface area contributed by atoms with E-state index in [0.717, 1.165) is 5.56 Å². The average Bonchev–Trinajstić information content (AvgIpc) is 2.27. The Labute approximate surface area is 102 Å². The summed E-state index contributed by atoms with van der Waals surface area (Å²) in [6, 6.07) is 6.85. The van der Waals surface area contributed by atoms with Crippen molar-refractivity contribution < 1.29 is 10.2 Å². The molecule has 0 aliphatic heterocycles. The first kappa shape index (κ1) is 12.6. The molecule has 3 nitrogen and oxygen atoms in total. The second-order valence-corrected chi connectivity index (χ2v) is 4.24. The Morgan fingerprint density at radius 1 is 1.33 bits per heavy atom. The molecule has 0 saturated heterocycles. The van der Waals surface area contributed by atoms with Crippen LogP contribution in [0.1, 0.15) is 17.2 Å². The van der Waals surface area contributed by atoms with E-state index < -0.39 is 12.2 Å². The van der Waals surface area contributed by atoms with Gasteiger partial charge in [0.25, 0.3) is 0 Å². The molecule has 1 aromatic carbocycles. The minimum Gasteiger partial charge on any atom is -0.389 e. The van der Waals surface area contributed by atoms with Gasteiger partial charge in [-0.05, 0) is 5.56 Å². The van der Waals surface area contributed by atoms with Gasteiger partial charge < -0.3 is 15.9 Å². The van der Waals surface area contributed by atoms with Gasteiger partial charge in [0.2, 0.25) is 0 Å².